The second-order valence-corrected chi connectivity index (χ2v) is 0. The van der Waals surface area contributed by atoms with E-state index in [4.69, 9.17) is 0 Å². The van der Waals surface area contributed by atoms with Crippen molar-refractivity contribution in [3.8, 4) is 0 Å². The molecule has 6 heavy (non-hydrogen) atoms. The fourth-order valence-corrected chi connectivity index (χ4v) is 0. The second-order valence-electron chi connectivity index (χ2n) is 0. The van der Waals surface area contributed by atoms with Gasteiger partial charge in [0.25, 0.3) is 0 Å². The highest BCUT2D eigenvalue weighted by Crippen LogP contribution is 0.861. The van der Waals surface area contributed by atoms with E-state index < -0.39 is 0 Å². The maximum Gasteiger partial charge on any atom is -0.153 e. The summed E-state index contributed by atoms with van der Waals surface area (Å²) < 4.78 is 0. The van der Waals surface area contributed by atoms with Gasteiger partial charge in [0.15, 0.2) is 0 Å². The number of hydrogen-bond acceptors (Lipinski definition) is 5. The normalized spacial score (nSPS) is 0. The summed E-state index contributed by atoms with van der Waals surface area (Å²) in [5.41, 5.74) is 0. The van der Waals surface area contributed by atoms with Gasteiger partial charge in [-0.2, -0.15) is 9.90 Å². The van der Waals surface area contributed by atoms with Gasteiger partial charge in [-0.25, -0.2) is 0 Å². The zero-order chi connectivity index (χ0) is 0. The SMILES string of the molecule is N.N.N.N.N.P. The molecule has 0 aromatic carbocycles. The molecule has 0 rings (SSSR count). The molecule has 0 spiro atoms. The first-order valence-electron chi connectivity index (χ1n) is 0. The van der Waals surface area contributed by atoms with Gasteiger partial charge in [0.2, 0.25) is 0 Å². The molecule has 0 aliphatic heterocycles. The molecule has 1 atom stereocenters. The molecule has 0 saturated heterocycles. The molecular formula is H18N5P. The summed E-state index contributed by atoms with van der Waals surface area (Å²) in [5, 5.41) is 0. The van der Waals surface area contributed by atoms with Crippen LogP contribution in [0.1, 0.15) is 0 Å². The topological polar surface area (TPSA) is 175 Å². The molecule has 0 aliphatic carbocycles. The van der Waals surface area contributed by atoms with Crippen LogP contribution in [-0.2, 0) is 0 Å². The van der Waals surface area contributed by atoms with Crippen molar-refractivity contribution in [2.75, 3.05) is 0 Å². The lowest BCUT2D eigenvalue weighted by Gasteiger charge is -0.345. The molecule has 6 heteroatoms. The second kappa shape index (κ2) is 1770. The molecule has 0 amide bonds. The molecule has 0 aliphatic rings. The molecule has 0 aromatic rings. The van der Waals surface area contributed by atoms with Crippen LogP contribution in [0.5, 0.6) is 0 Å². The maximum absolute atomic E-state index is 0. The first-order valence-corrected chi connectivity index (χ1v) is 0. The Morgan fingerprint density at radius 2 is 0.333 bits per heavy atom. The highest BCUT2D eigenvalue weighted by molar-refractivity contribution is 6.92. The Morgan fingerprint density at radius 3 is 0.333 bits per heavy atom. The minimum atomic E-state index is 0. The highest BCUT2D eigenvalue weighted by atomic mass is 31.0. The molecule has 0 bridgehead atoms. The van der Waals surface area contributed by atoms with Crippen LogP contribution in [0.25, 0.3) is 0 Å². The summed E-state index contributed by atoms with van der Waals surface area (Å²) in [5.74, 6) is 0. The van der Waals surface area contributed by atoms with Crippen molar-refractivity contribution in [3.05, 3.63) is 0 Å². The Hall–Kier alpha value is 0.230. The Labute approximate surface area is 41.8 Å². The Bertz CT molecular complexity index is 3.90. The first-order chi connectivity index (χ1) is 0. The third-order valence-electron chi connectivity index (χ3n) is 0. The average Bonchev–Trinajstić information content (AvgIpc) is 0. The van der Waals surface area contributed by atoms with Gasteiger partial charge in [0.1, 0.15) is 0 Å². The van der Waals surface area contributed by atoms with Gasteiger partial charge in [-0.3, -0.25) is 0 Å². The van der Waals surface area contributed by atoms with E-state index in [2.05, 4.69) is 0 Å². The van der Waals surface area contributed by atoms with E-state index in [-0.39, 0.29) is 40.7 Å². The summed E-state index contributed by atoms with van der Waals surface area (Å²) in [6, 6.07) is 0. The van der Waals surface area contributed by atoms with Crippen molar-refractivity contribution in [3.63, 3.8) is 0 Å². The predicted octanol–water partition coefficient (Wildman–Crippen LogP) is 0.868. The van der Waals surface area contributed by atoms with Crippen LogP contribution in [-0.4, -0.2) is 0 Å². The van der Waals surface area contributed by atoms with E-state index in [9.17, 15) is 0 Å². The van der Waals surface area contributed by atoms with Crippen LogP contribution in [0.2, 0.25) is 0 Å². The molecule has 48 valence electrons. The number of hydrogen-bond donors (Lipinski definition) is 5. The molecule has 5 nitrogen and oxygen atoms in total. The van der Waals surface area contributed by atoms with E-state index in [0.717, 1.165) is 0 Å². The largest absolute Gasteiger partial charge is 0.344 e. The van der Waals surface area contributed by atoms with Crippen LogP contribution in [0.15, 0.2) is 0 Å². The van der Waals surface area contributed by atoms with Gasteiger partial charge in [-0.1, -0.05) is 0 Å². The summed E-state index contributed by atoms with van der Waals surface area (Å²) >= 11 is 0. The Morgan fingerprint density at radius 1 is 0.333 bits per heavy atom. The quantitative estimate of drug-likeness (QED) is 0.296. The van der Waals surface area contributed by atoms with Crippen molar-refractivity contribution in [1.29, 1.82) is 0 Å². The number of rotatable bonds is 0. The summed E-state index contributed by atoms with van der Waals surface area (Å²) in [6.45, 7) is 0. The fraction of sp³-hybridized carbons (Fsp3) is 0. The lowest BCUT2D eigenvalue weighted by Crippen LogP contribution is -0.482. The molecule has 15 N–H and O–H groups in total. The fourth-order valence-electron chi connectivity index (χ4n) is 0. The van der Waals surface area contributed by atoms with E-state index in [0.29, 0.717) is 0 Å². The maximum atomic E-state index is 0. The molecule has 1 unspecified atom stereocenters. The van der Waals surface area contributed by atoms with Crippen molar-refractivity contribution >= 4 is 9.90 Å². The molecule has 0 saturated carbocycles. The summed E-state index contributed by atoms with van der Waals surface area (Å²) in [6.07, 6.45) is 0. The van der Waals surface area contributed by atoms with Gasteiger partial charge in [0, 0.05) is 0 Å². The zero-order valence-electron chi connectivity index (χ0n) is 4.24. The minimum absolute atomic E-state index is 0. The van der Waals surface area contributed by atoms with Gasteiger partial charge in [0.05, 0.1) is 0 Å². The average molecular weight is 119 g/mol. The third kappa shape index (κ3) is 834. The molecule has 0 aromatic heterocycles. The van der Waals surface area contributed by atoms with E-state index in [1.807, 2.05) is 0 Å². The van der Waals surface area contributed by atoms with Crippen LogP contribution < -0.4 is 30.8 Å². The van der Waals surface area contributed by atoms with E-state index >= 15 is 0 Å². The lowest BCUT2D eigenvalue weighted by molar-refractivity contribution is 2.13. The predicted molar refractivity (Wildman–Crippen MR) is 36.2 cm³/mol. The van der Waals surface area contributed by atoms with Crippen molar-refractivity contribution in [2.24, 2.45) is 0 Å². The summed E-state index contributed by atoms with van der Waals surface area (Å²) in [7, 11) is 0. The van der Waals surface area contributed by atoms with Crippen LogP contribution in [0.4, 0.5) is 0 Å². The van der Waals surface area contributed by atoms with Crippen molar-refractivity contribution in [2.45, 2.75) is 0 Å². The van der Waals surface area contributed by atoms with Crippen LogP contribution >= 0.6 is 9.90 Å². The van der Waals surface area contributed by atoms with Gasteiger partial charge in [-0.15, -0.1) is 0 Å². The monoisotopic (exact) mass is 119 g/mol. The van der Waals surface area contributed by atoms with Crippen LogP contribution in [0.3, 0.4) is 0 Å². The smallest absolute Gasteiger partial charge is 0.153 e. The van der Waals surface area contributed by atoms with Crippen molar-refractivity contribution in [1.82, 2.24) is 30.8 Å². The van der Waals surface area contributed by atoms with E-state index in [1.54, 1.807) is 0 Å². The third-order valence-corrected chi connectivity index (χ3v) is 0. The lowest BCUT2D eigenvalue weighted by atomic mass is 14.0. The van der Waals surface area contributed by atoms with Gasteiger partial charge in [-0.05, 0) is 0 Å². The standard InChI is InChI=1S/5H3N.H3P/h6*1H3. The zero-order valence-corrected chi connectivity index (χ0v) is 5.66. The minimum Gasteiger partial charge on any atom is -0.344 e. The Kier molecular flexibility index (Phi) is 950000. The first kappa shape index (κ1) is 3220. The highest BCUT2D eigenvalue weighted by Gasteiger charge is -0.153. The van der Waals surface area contributed by atoms with Gasteiger partial charge < -0.3 is 30.8 Å². The van der Waals surface area contributed by atoms with E-state index in [1.165, 1.54) is 0 Å². The summed E-state index contributed by atoms with van der Waals surface area (Å²) in [4.78, 5) is 0. The van der Waals surface area contributed by atoms with Gasteiger partial charge >= 0.3 is 0 Å². The molecule has 0 heterocycles. The molecule has 0 fully saturated rings. The van der Waals surface area contributed by atoms with Crippen molar-refractivity contribution < 1.29 is 0 Å². The van der Waals surface area contributed by atoms with Crippen LogP contribution in [0, 0.1) is 0 Å². The molecule has 0 radical (unpaired) electrons. The molecular weight excluding hydrogens is 101 g/mol. The Balaban J connectivity index is 0.